The molecule has 2 aliphatic heterocycles. The van der Waals surface area contributed by atoms with E-state index in [1.165, 1.54) is 0 Å². The van der Waals surface area contributed by atoms with E-state index in [9.17, 15) is 4.79 Å². The average Bonchev–Trinajstić information content (AvgIpc) is 3.50. The van der Waals surface area contributed by atoms with E-state index in [2.05, 4.69) is 5.16 Å². The quantitative estimate of drug-likeness (QED) is 0.495. The normalized spacial score (nSPS) is 24.4. The maximum Gasteiger partial charge on any atom is 0.225 e. The molecule has 4 nitrogen and oxygen atoms in total. The van der Waals surface area contributed by atoms with Crippen LogP contribution in [0.2, 0.25) is 15.1 Å². The van der Waals surface area contributed by atoms with Gasteiger partial charge in [0.15, 0.2) is 11.3 Å². The Balaban J connectivity index is 1.28. The van der Waals surface area contributed by atoms with Crippen LogP contribution in [0.15, 0.2) is 41.6 Å². The van der Waals surface area contributed by atoms with Gasteiger partial charge < -0.3 is 9.74 Å². The third kappa shape index (κ3) is 3.71. The number of oxime groups is 1. The number of alkyl halides is 1. The zero-order valence-electron chi connectivity index (χ0n) is 16.8. The lowest BCUT2D eigenvalue weighted by Crippen LogP contribution is -2.59. The Morgan fingerprint density at radius 3 is 2.29 bits per heavy atom. The molecule has 1 atom stereocenters. The summed E-state index contributed by atoms with van der Waals surface area (Å²) >= 11 is 18.4. The summed E-state index contributed by atoms with van der Waals surface area (Å²) in [5.74, 6) is 0.205. The topological polar surface area (TPSA) is 41.9 Å². The third-order valence-corrected chi connectivity index (χ3v) is 7.51. The summed E-state index contributed by atoms with van der Waals surface area (Å²) in [6.45, 7) is 2.16. The number of carbonyl (C=O) groups is 1. The second kappa shape index (κ2) is 7.36. The molecule has 1 saturated carbocycles. The molecule has 31 heavy (non-hydrogen) atoms. The van der Waals surface area contributed by atoms with Gasteiger partial charge in [-0.05, 0) is 43.0 Å². The van der Waals surface area contributed by atoms with Crippen molar-refractivity contribution >= 4 is 46.4 Å². The van der Waals surface area contributed by atoms with Crippen molar-refractivity contribution in [2.45, 2.75) is 37.5 Å². The van der Waals surface area contributed by atoms with Crippen LogP contribution in [0.5, 0.6) is 0 Å². The molecular formula is C23H20Cl3FN2O2. The number of halogens is 4. The Kier molecular flexibility index (Phi) is 5.00. The molecule has 1 aliphatic carbocycles. The summed E-state index contributed by atoms with van der Waals surface area (Å²) in [5, 5.41) is 5.27. The smallest absolute Gasteiger partial charge is 0.225 e. The van der Waals surface area contributed by atoms with Crippen molar-refractivity contribution in [2.75, 3.05) is 13.1 Å². The molecule has 1 unspecified atom stereocenters. The fraction of sp³-hybridized carbons (Fsp3) is 0.391. The molecule has 2 aromatic rings. The highest BCUT2D eigenvalue weighted by atomic mass is 35.5. The van der Waals surface area contributed by atoms with Crippen molar-refractivity contribution in [1.82, 2.24) is 4.90 Å². The summed E-state index contributed by atoms with van der Waals surface area (Å²) in [7, 11) is 0. The molecule has 2 aromatic carbocycles. The van der Waals surface area contributed by atoms with Gasteiger partial charge in [-0.3, -0.25) is 4.79 Å². The van der Waals surface area contributed by atoms with Crippen molar-refractivity contribution in [3.63, 3.8) is 0 Å². The SMILES string of the molecule is CC1(c2cc(Cl)c(Cl)c(Cl)c2)CC(c2ccc(C3(F)CN(C(=O)C4CC4)C3)cc2)=NO1. The van der Waals surface area contributed by atoms with E-state index in [0.717, 1.165) is 29.7 Å². The molecule has 0 aromatic heterocycles. The van der Waals surface area contributed by atoms with Crippen molar-refractivity contribution in [3.8, 4) is 0 Å². The maximum absolute atomic E-state index is 15.2. The van der Waals surface area contributed by atoms with Gasteiger partial charge >= 0.3 is 0 Å². The second-order valence-corrected chi connectivity index (χ2v) is 9.99. The minimum Gasteiger partial charge on any atom is -0.384 e. The van der Waals surface area contributed by atoms with Crippen molar-refractivity contribution in [1.29, 1.82) is 0 Å². The number of benzene rings is 2. The van der Waals surface area contributed by atoms with Crippen LogP contribution in [0.25, 0.3) is 0 Å². The van der Waals surface area contributed by atoms with Gasteiger partial charge in [-0.15, -0.1) is 0 Å². The molecule has 0 N–H and O–H groups in total. The predicted molar refractivity (Wildman–Crippen MR) is 120 cm³/mol. The van der Waals surface area contributed by atoms with Crippen molar-refractivity contribution < 1.29 is 14.0 Å². The summed E-state index contributed by atoms with van der Waals surface area (Å²) in [4.78, 5) is 19.4. The standard InChI is InChI=1S/C23H20Cl3FN2O2/c1-22(16-8-17(24)20(26)18(25)9-16)10-19(28-31-22)13-4-6-15(7-5-13)23(27)11-29(12-23)21(30)14-2-3-14/h4-9,14H,2-3,10-12H2,1H3. The Bertz CT molecular complexity index is 1070. The first-order chi connectivity index (χ1) is 14.7. The number of rotatable bonds is 4. The number of hydrogen-bond donors (Lipinski definition) is 0. The van der Waals surface area contributed by atoms with Gasteiger partial charge in [0, 0.05) is 17.9 Å². The molecule has 1 saturated heterocycles. The van der Waals surface area contributed by atoms with Gasteiger partial charge in [0.25, 0.3) is 0 Å². The van der Waals surface area contributed by atoms with E-state index < -0.39 is 11.3 Å². The number of amides is 1. The number of likely N-dealkylation sites (tertiary alicyclic amines) is 1. The molecule has 2 fully saturated rings. The minimum absolute atomic E-state index is 0.0871. The Morgan fingerprint density at radius 1 is 1.10 bits per heavy atom. The lowest BCUT2D eigenvalue weighted by Gasteiger charge is -2.45. The molecule has 5 rings (SSSR count). The molecule has 0 radical (unpaired) electrons. The van der Waals surface area contributed by atoms with Crippen LogP contribution >= 0.6 is 34.8 Å². The molecule has 0 bridgehead atoms. The Labute approximate surface area is 194 Å². The van der Waals surface area contributed by atoms with Gasteiger partial charge in [0.2, 0.25) is 5.91 Å². The molecular weight excluding hydrogens is 462 g/mol. The predicted octanol–water partition coefficient (Wildman–Crippen LogP) is 6.10. The molecule has 3 aliphatic rings. The van der Waals surface area contributed by atoms with Gasteiger partial charge in [-0.2, -0.15) is 0 Å². The van der Waals surface area contributed by atoms with Crippen molar-refractivity contribution in [3.05, 3.63) is 68.2 Å². The van der Waals surface area contributed by atoms with Crippen LogP contribution in [-0.4, -0.2) is 29.6 Å². The summed E-state index contributed by atoms with van der Waals surface area (Å²) in [6.07, 6.45) is 2.37. The van der Waals surface area contributed by atoms with Crippen LogP contribution in [0.3, 0.4) is 0 Å². The van der Waals surface area contributed by atoms with Crippen LogP contribution in [0.1, 0.15) is 42.9 Å². The summed E-state index contributed by atoms with van der Waals surface area (Å²) in [5.41, 5.74) is 0.748. The van der Waals surface area contributed by atoms with E-state index in [1.54, 1.807) is 29.2 Å². The largest absolute Gasteiger partial charge is 0.384 e. The van der Waals surface area contributed by atoms with E-state index in [0.29, 0.717) is 27.1 Å². The summed E-state index contributed by atoms with van der Waals surface area (Å²) in [6, 6.07) is 10.7. The Morgan fingerprint density at radius 2 is 1.71 bits per heavy atom. The highest BCUT2D eigenvalue weighted by Gasteiger charge is 2.49. The van der Waals surface area contributed by atoms with Gasteiger partial charge in [-0.1, -0.05) is 64.2 Å². The van der Waals surface area contributed by atoms with Crippen LogP contribution in [0, 0.1) is 5.92 Å². The fourth-order valence-corrected chi connectivity index (χ4v) is 4.75. The van der Waals surface area contributed by atoms with Crippen LogP contribution < -0.4 is 0 Å². The van der Waals surface area contributed by atoms with E-state index in [4.69, 9.17) is 39.6 Å². The first-order valence-corrected chi connectivity index (χ1v) is 11.3. The molecule has 0 spiro atoms. The lowest BCUT2D eigenvalue weighted by molar-refractivity contribution is -0.147. The number of hydrogen-bond acceptors (Lipinski definition) is 3. The van der Waals surface area contributed by atoms with Crippen molar-refractivity contribution in [2.24, 2.45) is 11.1 Å². The Hall–Kier alpha value is -1.82. The fourth-order valence-electron chi connectivity index (χ4n) is 4.16. The lowest BCUT2D eigenvalue weighted by atomic mass is 9.85. The molecule has 1 amide bonds. The number of nitrogens with zero attached hydrogens (tertiary/aromatic N) is 2. The average molecular weight is 482 g/mol. The van der Waals surface area contributed by atoms with Crippen LogP contribution in [0.4, 0.5) is 4.39 Å². The highest BCUT2D eigenvalue weighted by Crippen LogP contribution is 2.42. The third-order valence-electron chi connectivity index (χ3n) is 6.31. The van der Waals surface area contributed by atoms with Gasteiger partial charge in [0.05, 0.1) is 33.9 Å². The van der Waals surface area contributed by atoms with E-state index in [-0.39, 0.29) is 24.9 Å². The van der Waals surface area contributed by atoms with E-state index in [1.807, 2.05) is 19.1 Å². The molecule has 162 valence electrons. The molecule has 2 heterocycles. The number of carbonyl (C=O) groups excluding carboxylic acids is 1. The van der Waals surface area contributed by atoms with Gasteiger partial charge in [-0.25, -0.2) is 4.39 Å². The highest BCUT2D eigenvalue weighted by molar-refractivity contribution is 6.48. The zero-order valence-corrected chi connectivity index (χ0v) is 19.1. The first-order valence-electron chi connectivity index (χ1n) is 10.2. The maximum atomic E-state index is 15.2. The first kappa shape index (κ1) is 21.0. The van der Waals surface area contributed by atoms with Gasteiger partial charge in [0.1, 0.15) is 0 Å². The summed E-state index contributed by atoms with van der Waals surface area (Å²) < 4.78 is 15.2. The van der Waals surface area contributed by atoms with E-state index >= 15 is 4.39 Å². The van der Waals surface area contributed by atoms with Crippen LogP contribution in [-0.2, 0) is 20.9 Å². The monoisotopic (exact) mass is 480 g/mol. The second-order valence-electron chi connectivity index (χ2n) is 8.80. The molecule has 8 heteroatoms. The minimum atomic E-state index is -1.48. The zero-order chi connectivity index (χ0) is 22.0.